The van der Waals surface area contributed by atoms with Crippen molar-refractivity contribution in [3.63, 3.8) is 0 Å². The van der Waals surface area contributed by atoms with Crippen LogP contribution in [-0.4, -0.2) is 45.6 Å². The number of aromatic amines is 1. The molecule has 0 bridgehead atoms. The topological polar surface area (TPSA) is 83.9 Å². The number of nitrogens with zero attached hydrogens (tertiary/aromatic N) is 4. The molecule has 0 unspecified atom stereocenters. The third kappa shape index (κ3) is 4.64. The molecule has 3 aromatic rings. The second-order valence-electron chi connectivity index (χ2n) is 6.69. The summed E-state index contributed by atoms with van der Waals surface area (Å²) in [6.45, 7) is 5.28. The molecule has 0 amide bonds. The Bertz CT molecular complexity index is 992. The summed E-state index contributed by atoms with van der Waals surface area (Å²) in [4.78, 5) is 13.9. The van der Waals surface area contributed by atoms with Gasteiger partial charge in [0.25, 0.3) is 0 Å². The van der Waals surface area contributed by atoms with Crippen LogP contribution in [0, 0.1) is 6.92 Å². The highest BCUT2D eigenvalue weighted by Crippen LogP contribution is 2.17. The molecule has 0 spiro atoms. The second kappa shape index (κ2) is 8.06. The van der Waals surface area contributed by atoms with Crippen LogP contribution in [0.25, 0.3) is 0 Å². The van der Waals surface area contributed by atoms with Gasteiger partial charge in [-0.05, 0) is 19.5 Å². The van der Waals surface area contributed by atoms with Gasteiger partial charge in [-0.1, -0.05) is 37.3 Å². The first-order chi connectivity index (χ1) is 12.9. The Hall–Kier alpha value is -2.45. The zero-order valence-corrected chi connectivity index (χ0v) is 16.7. The van der Waals surface area contributed by atoms with Gasteiger partial charge in [0.15, 0.2) is 0 Å². The molecular formula is C19H25N5O2S. The highest BCUT2D eigenvalue weighted by molar-refractivity contribution is 7.91. The molecule has 0 aliphatic rings. The second-order valence-corrected chi connectivity index (χ2v) is 8.86. The van der Waals surface area contributed by atoms with Crippen molar-refractivity contribution in [2.75, 3.05) is 12.8 Å². The molecule has 0 radical (unpaired) electrons. The molecule has 3 rings (SSSR count). The van der Waals surface area contributed by atoms with Crippen LogP contribution in [0.1, 0.15) is 29.7 Å². The van der Waals surface area contributed by atoms with Gasteiger partial charge in [0.2, 0.25) is 15.0 Å². The maximum absolute atomic E-state index is 12.5. The van der Waals surface area contributed by atoms with E-state index in [0.29, 0.717) is 19.6 Å². The molecule has 0 fully saturated rings. The highest BCUT2D eigenvalue weighted by atomic mass is 32.2. The van der Waals surface area contributed by atoms with Gasteiger partial charge in [-0.15, -0.1) is 0 Å². The van der Waals surface area contributed by atoms with E-state index in [9.17, 15) is 8.42 Å². The average Bonchev–Trinajstić information content (AvgIpc) is 3.22. The molecule has 8 heteroatoms. The standard InChI is InChI=1S/C19H25N5O2S/c1-4-27(25,26)19-21-11-17(24(19)12-16-8-6-5-7-9-16)13-23(3)14-18-20-10-15(2)22-18/h5-11H,4,12-14H2,1-3H3,(H,20,22). The van der Waals surface area contributed by atoms with E-state index in [1.54, 1.807) is 23.9 Å². The molecule has 7 nitrogen and oxygen atoms in total. The van der Waals surface area contributed by atoms with E-state index in [0.717, 1.165) is 22.8 Å². The molecule has 0 saturated heterocycles. The van der Waals surface area contributed by atoms with E-state index in [2.05, 4.69) is 19.9 Å². The Kier molecular flexibility index (Phi) is 5.76. The van der Waals surface area contributed by atoms with Crippen LogP contribution in [0.2, 0.25) is 0 Å². The fourth-order valence-electron chi connectivity index (χ4n) is 2.97. The van der Waals surface area contributed by atoms with Gasteiger partial charge < -0.3 is 9.55 Å². The lowest BCUT2D eigenvalue weighted by molar-refractivity contribution is 0.302. The number of sulfone groups is 1. The minimum Gasteiger partial charge on any atom is -0.345 e. The predicted molar refractivity (Wildman–Crippen MR) is 104 cm³/mol. The molecule has 1 N–H and O–H groups in total. The normalized spacial score (nSPS) is 12.0. The molecule has 2 aromatic heterocycles. The number of hydrogen-bond acceptors (Lipinski definition) is 5. The predicted octanol–water partition coefficient (Wildman–Crippen LogP) is 2.39. The van der Waals surface area contributed by atoms with Crippen molar-refractivity contribution in [3.8, 4) is 0 Å². The lowest BCUT2D eigenvalue weighted by Crippen LogP contribution is -2.22. The van der Waals surface area contributed by atoms with E-state index in [1.165, 1.54) is 0 Å². The highest BCUT2D eigenvalue weighted by Gasteiger charge is 2.22. The van der Waals surface area contributed by atoms with Crippen LogP contribution >= 0.6 is 0 Å². The monoisotopic (exact) mass is 387 g/mol. The van der Waals surface area contributed by atoms with Crippen LogP contribution in [0.4, 0.5) is 0 Å². The molecule has 0 aliphatic carbocycles. The van der Waals surface area contributed by atoms with E-state index >= 15 is 0 Å². The Morgan fingerprint density at radius 1 is 1.11 bits per heavy atom. The molecule has 144 valence electrons. The third-order valence-electron chi connectivity index (χ3n) is 4.35. The summed E-state index contributed by atoms with van der Waals surface area (Å²) < 4.78 is 26.8. The number of hydrogen-bond donors (Lipinski definition) is 1. The summed E-state index contributed by atoms with van der Waals surface area (Å²) >= 11 is 0. The van der Waals surface area contributed by atoms with Crippen molar-refractivity contribution in [2.24, 2.45) is 0 Å². The summed E-state index contributed by atoms with van der Waals surface area (Å²) in [5.74, 6) is 0.908. The first-order valence-electron chi connectivity index (χ1n) is 8.89. The van der Waals surface area contributed by atoms with Crippen molar-refractivity contribution >= 4 is 9.84 Å². The zero-order valence-electron chi connectivity index (χ0n) is 15.9. The van der Waals surface area contributed by atoms with Crippen LogP contribution in [0.3, 0.4) is 0 Å². The van der Waals surface area contributed by atoms with E-state index < -0.39 is 9.84 Å². The molecule has 0 aliphatic heterocycles. The number of nitrogens with one attached hydrogen (secondary N) is 1. The maximum Gasteiger partial charge on any atom is 0.228 e. The van der Waals surface area contributed by atoms with Gasteiger partial charge in [0, 0.05) is 18.4 Å². The summed E-state index contributed by atoms with van der Waals surface area (Å²) in [6.07, 6.45) is 3.46. The van der Waals surface area contributed by atoms with E-state index in [1.807, 2.05) is 44.3 Å². The van der Waals surface area contributed by atoms with Crippen molar-refractivity contribution in [1.29, 1.82) is 0 Å². The van der Waals surface area contributed by atoms with E-state index in [4.69, 9.17) is 0 Å². The Balaban J connectivity index is 1.87. The molecule has 2 heterocycles. The number of H-pyrrole nitrogens is 1. The fraction of sp³-hybridized carbons (Fsp3) is 0.368. The van der Waals surface area contributed by atoms with Crippen molar-refractivity contribution in [2.45, 2.75) is 38.6 Å². The van der Waals surface area contributed by atoms with Gasteiger partial charge in [-0.2, -0.15) is 0 Å². The molecule has 0 atom stereocenters. The van der Waals surface area contributed by atoms with Crippen molar-refractivity contribution < 1.29 is 8.42 Å². The SMILES string of the molecule is CCS(=O)(=O)c1ncc(CN(C)Cc2ncc(C)[nH]2)n1Cc1ccccc1. The third-order valence-corrected chi connectivity index (χ3v) is 5.99. The van der Waals surface area contributed by atoms with Gasteiger partial charge in [-0.25, -0.2) is 18.4 Å². The smallest absolute Gasteiger partial charge is 0.228 e. The molecule has 1 aromatic carbocycles. The van der Waals surface area contributed by atoms with Crippen LogP contribution in [-0.2, 0) is 29.5 Å². The Morgan fingerprint density at radius 2 is 1.85 bits per heavy atom. The lowest BCUT2D eigenvalue weighted by atomic mass is 10.2. The average molecular weight is 388 g/mol. The van der Waals surface area contributed by atoms with Crippen LogP contribution in [0.15, 0.2) is 47.9 Å². The van der Waals surface area contributed by atoms with Gasteiger partial charge >= 0.3 is 0 Å². The lowest BCUT2D eigenvalue weighted by Gasteiger charge is -2.18. The summed E-state index contributed by atoms with van der Waals surface area (Å²) in [7, 11) is -1.43. The number of imidazole rings is 2. The summed E-state index contributed by atoms with van der Waals surface area (Å²) in [5, 5.41) is 0.131. The Labute approximate surface area is 160 Å². The number of benzene rings is 1. The Morgan fingerprint density at radius 3 is 2.48 bits per heavy atom. The first-order valence-corrected chi connectivity index (χ1v) is 10.5. The maximum atomic E-state index is 12.5. The van der Waals surface area contributed by atoms with Gasteiger partial charge in [0.05, 0.1) is 30.7 Å². The zero-order chi connectivity index (χ0) is 19.4. The summed E-state index contributed by atoms with van der Waals surface area (Å²) in [5.41, 5.74) is 2.91. The number of aryl methyl sites for hydroxylation is 1. The number of rotatable bonds is 8. The minimum atomic E-state index is -3.40. The minimum absolute atomic E-state index is 0.0275. The first kappa shape index (κ1) is 19.3. The summed E-state index contributed by atoms with van der Waals surface area (Å²) in [6, 6.07) is 9.82. The quantitative estimate of drug-likeness (QED) is 0.642. The molecule has 0 saturated carbocycles. The van der Waals surface area contributed by atoms with Crippen molar-refractivity contribution in [1.82, 2.24) is 24.4 Å². The molecular weight excluding hydrogens is 362 g/mol. The van der Waals surface area contributed by atoms with Crippen LogP contribution in [0.5, 0.6) is 0 Å². The molecule has 27 heavy (non-hydrogen) atoms. The van der Waals surface area contributed by atoms with E-state index in [-0.39, 0.29) is 10.9 Å². The van der Waals surface area contributed by atoms with Gasteiger partial charge in [-0.3, -0.25) is 4.90 Å². The van der Waals surface area contributed by atoms with Crippen molar-refractivity contribution in [3.05, 3.63) is 65.5 Å². The van der Waals surface area contributed by atoms with Crippen LogP contribution < -0.4 is 0 Å². The number of aromatic nitrogens is 4. The van der Waals surface area contributed by atoms with Gasteiger partial charge in [0.1, 0.15) is 5.82 Å². The largest absolute Gasteiger partial charge is 0.345 e. The fourth-order valence-corrected chi connectivity index (χ4v) is 3.96.